The maximum atomic E-state index is 12.1. The Morgan fingerprint density at radius 2 is 1.89 bits per heavy atom. The molecule has 1 nitrogen and oxygen atoms in total. The number of halogens is 1. The summed E-state index contributed by atoms with van der Waals surface area (Å²) >= 11 is 8.27. The highest BCUT2D eigenvalue weighted by molar-refractivity contribution is 9.10. The summed E-state index contributed by atoms with van der Waals surface area (Å²) in [5, 5.41) is 1.61. The summed E-state index contributed by atoms with van der Waals surface area (Å²) in [6, 6.07) is 15.5. The zero-order valence-electron chi connectivity index (χ0n) is 10.3. The molecular weight excluding hydrogens is 320 g/mol. The van der Waals surface area contributed by atoms with Gasteiger partial charge in [0.05, 0.1) is 0 Å². The number of rotatable bonds is 5. The Kier molecular flexibility index (Phi) is 5.00. The van der Waals surface area contributed by atoms with Crippen LogP contribution in [0.25, 0.3) is 0 Å². The Bertz CT molecular complexity index is 590. The molecule has 0 saturated carbocycles. The minimum Gasteiger partial charge on any atom is -0.294 e. The van der Waals surface area contributed by atoms with E-state index in [1.54, 1.807) is 5.37 Å². The first kappa shape index (κ1) is 14.1. The number of thiocarbonyl (C=S) groups is 1. The summed E-state index contributed by atoms with van der Waals surface area (Å²) in [5.41, 5.74) is 2.87. The Balaban J connectivity index is 1.99. The van der Waals surface area contributed by atoms with Crippen LogP contribution in [-0.2, 0) is 6.42 Å². The minimum absolute atomic E-state index is 0.163. The van der Waals surface area contributed by atoms with E-state index in [1.165, 1.54) is 5.56 Å². The lowest BCUT2D eigenvalue weighted by atomic mass is 10.0. The lowest BCUT2D eigenvalue weighted by molar-refractivity contribution is 0.0983. The fourth-order valence-electron chi connectivity index (χ4n) is 1.84. The summed E-state index contributed by atoms with van der Waals surface area (Å²) in [5.74, 6) is 0.163. The molecule has 0 aliphatic carbocycles. The fourth-order valence-corrected chi connectivity index (χ4v) is 2.45. The van der Waals surface area contributed by atoms with Crippen molar-refractivity contribution in [3.63, 3.8) is 0 Å². The Hall–Kier alpha value is -1.32. The minimum atomic E-state index is 0.163. The van der Waals surface area contributed by atoms with Crippen molar-refractivity contribution in [2.24, 2.45) is 0 Å². The number of ketones is 1. The number of benzene rings is 2. The van der Waals surface area contributed by atoms with Crippen LogP contribution in [0.15, 0.2) is 53.0 Å². The van der Waals surface area contributed by atoms with Crippen LogP contribution in [0.3, 0.4) is 0 Å². The maximum Gasteiger partial charge on any atom is 0.163 e. The van der Waals surface area contributed by atoms with Gasteiger partial charge in [-0.15, -0.1) is 0 Å². The molecule has 0 radical (unpaired) electrons. The fraction of sp³-hybridized carbons (Fsp3) is 0.125. The first-order chi connectivity index (χ1) is 9.19. The molecular formula is C16H13BrOS. The molecule has 2 aromatic rings. The van der Waals surface area contributed by atoms with Crippen LogP contribution >= 0.6 is 28.1 Å². The molecule has 0 aromatic heterocycles. The molecule has 0 aliphatic heterocycles. The molecule has 19 heavy (non-hydrogen) atoms. The molecule has 0 fully saturated rings. The van der Waals surface area contributed by atoms with Crippen molar-refractivity contribution in [3.05, 3.63) is 69.7 Å². The highest BCUT2D eigenvalue weighted by Crippen LogP contribution is 2.14. The quantitative estimate of drug-likeness (QED) is 0.587. The second-order valence-corrected chi connectivity index (χ2v) is 5.44. The summed E-state index contributed by atoms with van der Waals surface area (Å²) < 4.78 is 1.04. The lowest BCUT2D eigenvalue weighted by Gasteiger charge is -2.03. The summed E-state index contributed by atoms with van der Waals surface area (Å²) in [7, 11) is 0. The topological polar surface area (TPSA) is 17.1 Å². The van der Waals surface area contributed by atoms with E-state index in [0.717, 1.165) is 22.0 Å². The molecule has 96 valence electrons. The van der Waals surface area contributed by atoms with Gasteiger partial charge in [0.2, 0.25) is 0 Å². The Morgan fingerprint density at radius 3 is 2.53 bits per heavy atom. The molecule has 0 N–H and O–H groups in total. The van der Waals surface area contributed by atoms with Crippen molar-refractivity contribution >= 4 is 39.3 Å². The first-order valence-electron chi connectivity index (χ1n) is 6.02. The van der Waals surface area contributed by atoms with Crippen molar-refractivity contribution < 1.29 is 4.79 Å². The SMILES string of the molecule is O=C(CCc1cccc(Br)c1)c1ccc(C=S)cc1. The first-order valence-corrected chi connectivity index (χ1v) is 7.28. The van der Waals surface area contributed by atoms with Gasteiger partial charge in [0.15, 0.2) is 5.78 Å². The van der Waals surface area contributed by atoms with Crippen molar-refractivity contribution in [3.8, 4) is 0 Å². The van der Waals surface area contributed by atoms with Crippen LogP contribution in [0.4, 0.5) is 0 Å². The van der Waals surface area contributed by atoms with Gasteiger partial charge in [-0.3, -0.25) is 4.79 Å². The molecule has 2 rings (SSSR count). The second kappa shape index (κ2) is 6.73. The molecule has 0 heterocycles. The van der Waals surface area contributed by atoms with Crippen LogP contribution in [-0.4, -0.2) is 11.2 Å². The lowest BCUT2D eigenvalue weighted by Crippen LogP contribution is -2.01. The van der Waals surface area contributed by atoms with Gasteiger partial charge in [-0.05, 0) is 29.7 Å². The third kappa shape index (κ3) is 4.08. The van der Waals surface area contributed by atoms with Gasteiger partial charge in [0, 0.05) is 21.8 Å². The number of Topliss-reactive ketones (excluding diaryl/α,β-unsaturated/α-hetero) is 1. The highest BCUT2D eigenvalue weighted by Gasteiger charge is 2.06. The number of aryl methyl sites for hydroxylation is 1. The summed E-state index contributed by atoms with van der Waals surface area (Å²) in [4.78, 5) is 12.1. The molecule has 0 saturated heterocycles. The second-order valence-electron chi connectivity index (χ2n) is 4.29. The van der Waals surface area contributed by atoms with Crippen LogP contribution in [0.1, 0.15) is 27.9 Å². The number of carbonyl (C=O) groups is 1. The predicted octanol–water partition coefficient (Wildman–Crippen LogP) is 4.61. The van der Waals surface area contributed by atoms with Crippen LogP contribution in [0.5, 0.6) is 0 Å². The molecule has 0 atom stereocenters. The van der Waals surface area contributed by atoms with E-state index in [0.29, 0.717) is 6.42 Å². The van der Waals surface area contributed by atoms with Crippen LogP contribution in [0, 0.1) is 0 Å². The van der Waals surface area contributed by atoms with E-state index in [4.69, 9.17) is 12.2 Å². The van der Waals surface area contributed by atoms with Gasteiger partial charge in [0.1, 0.15) is 0 Å². The average Bonchev–Trinajstić information content (AvgIpc) is 2.45. The largest absolute Gasteiger partial charge is 0.294 e. The monoisotopic (exact) mass is 332 g/mol. The summed E-state index contributed by atoms with van der Waals surface area (Å²) in [6.07, 6.45) is 1.28. The van der Waals surface area contributed by atoms with Crippen LogP contribution < -0.4 is 0 Å². The molecule has 0 unspecified atom stereocenters. The van der Waals surface area contributed by atoms with Crippen molar-refractivity contribution in [1.82, 2.24) is 0 Å². The molecule has 3 heteroatoms. The van der Waals surface area contributed by atoms with Crippen molar-refractivity contribution in [1.29, 1.82) is 0 Å². The van der Waals surface area contributed by atoms with Gasteiger partial charge < -0.3 is 0 Å². The highest BCUT2D eigenvalue weighted by atomic mass is 79.9. The van der Waals surface area contributed by atoms with E-state index in [2.05, 4.69) is 15.9 Å². The van der Waals surface area contributed by atoms with E-state index >= 15 is 0 Å². The van der Waals surface area contributed by atoms with Gasteiger partial charge >= 0.3 is 0 Å². The number of carbonyl (C=O) groups excluding carboxylic acids is 1. The van der Waals surface area contributed by atoms with E-state index < -0.39 is 0 Å². The smallest absolute Gasteiger partial charge is 0.163 e. The zero-order valence-corrected chi connectivity index (χ0v) is 12.7. The van der Waals surface area contributed by atoms with Crippen molar-refractivity contribution in [2.75, 3.05) is 0 Å². The van der Waals surface area contributed by atoms with Gasteiger partial charge in [0.25, 0.3) is 0 Å². The third-order valence-corrected chi connectivity index (χ3v) is 3.66. The molecule has 0 amide bonds. The third-order valence-electron chi connectivity index (χ3n) is 2.90. The molecule has 0 aliphatic rings. The van der Waals surface area contributed by atoms with E-state index in [-0.39, 0.29) is 5.78 Å². The number of hydrogen-bond donors (Lipinski definition) is 0. The Labute approximate surface area is 126 Å². The van der Waals surface area contributed by atoms with Crippen molar-refractivity contribution in [2.45, 2.75) is 12.8 Å². The zero-order chi connectivity index (χ0) is 13.7. The Morgan fingerprint density at radius 1 is 1.16 bits per heavy atom. The predicted molar refractivity (Wildman–Crippen MR) is 86.0 cm³/mol. The van der Waals surface area contributed by atoms with Crippen LogP contribution in [0.2, 0.25) is 0 Å². The molecule has 2 aromatic carbocycles. The molecule has 0 spiro atoms. The van der Waals surface area contributed by atoms with E-state index in [9.17, 15) is 4.79 Å². The maximum absolute atomic E-state index is 12.1. The van der Waals surface area contributed by atoms with E-state index in [1.807, 2.05) is 48.5 Å². The normalized spacial score (nSPS) is 10.2. The molecule has 0 bridgehead atoms. The van der Waals surface area contributed by atoms with Gasteiger partial charge in [-0.2, -0.15) is 0 Å². The van der Waals surface area contributed by atoms with Gasteiger partial charge in [-0.1, -0.05) is 64.5 Å². The number of hydrogen-bond acceptors (Lipinski definition) is 2. The van der Waals surface area contributed by atoms with Gasteiger partial charge in [-0.25, -0.2) is 0 Å². The average molecular weight is 333 g/mol. The summed E-state index contributed by atoms with van der Waals surface area (Å²) in [6.45, 7) is 0. The standard InChI is InChI=1S/C16H13BrOS/c17-15-3-1-2-12(10-15)6-9-16(18)14-7-4-13(11-19)5-8-14/h1-5,7-8,10-11H,6,9H2.